The molecule has 0 aromatic carbocycles. The lowest BCUT2D eigenvalue weighted by Crippen LogP contribution is -2.19. The van der Waals surface area contributed by atoms with Crippen molar-refractivity contribution in [3.05, 3.63) is 21.3 Å². The van der Waals surface area contributed by atoms with Crippen LogP contribution >= 0.6 is 22.9 Å². The molecule has 1 heterocycles. The summed E-state index contributed by atoms with van der Waals surface area (Å²) in [5, 5.41) is 10.1. The monoisotopic (exact) mass is 216 g/mol. The molecule has 1 nitrogen and oxygen atoms in total. The van der Waals surface area contributed by atoms with E-state index in [-0.39, 0.29) is 9.90 Å². The Hall–Kier alpha value is -0.260. The smallest absolute Gasteiger partial charge is 0.379 e. The molecule has 1 unspecified atom stereocenters. The number of hydrogen-bond acceptors (Lipinski definition) is 2. The number of alkyl halides is 3. The van der Waals surface area contributed by atoms with Crippen LogP contribution in [0.2, 0.25) is 4.34 Å². The average Bonchev–Trinajstić information content (AvgIpc) is 2.31. The molecule has 1 atom stereocenters. The predicted octanol–water partition coefficient (Wildman–Crippen LogP) is 3.00. The van der Waals surface area contributed by atoms with Gasteiger partial charge in [0, 0.05) is 5.56 Å². The molecule has 0 saturated carbocycles. The van der Waals surface area contributed by atoms with Crippen molar-refractivity contribution in [2.75, 3.05) is 0 Å². The van der Waals surface area contributed by atoms with Crippen molar-refractivity contribution in [2.24, 2.45) is 0 Å². The molecule has 0 fully saturated rings. The molecule has 0 radical (unpaired) electrons. The highest BCUT2D eigenvalue weighted by Crippen LogP contribution is 2.37. The summed E-state index contributed by atoms with van der Waals surface area (Å²) in [5.74, 6) is 0. The minimum absolute atomic E-state index is 0.0279. The van der Waals surface area contributed by atoms with E-state index in [9.17, 15) is 13.2 Å². The van der Waals surface area contributed by atoms with E-state index in [4.69, 9.17) is 16.7 Å². The summed E-state index contributed by atoms with van der Waals surface area (Å²) in [6.07, 6.45) is -7.12. The number of rotatable bonds is 1. The summed E-state index contributed by atoms with van der Waals surface area (Å²) in [7, 11) is 0. The molecule has 1 aromatic rings. The largest absolute Gasteiger partial charge is 0.418 e. The predicted molar refractivity (Wildman–Crippen MR) is 40.3 cm³/mol. The maximum Gasteiger partial charge on any atom is 0.418 e. The van der Waals surface area contributed by atoms with Crippen molar-refractivity contribution >= 4 is 22.9 Å². The summed E-state index contributed by atoms with van der Waals surface area (Å²) in [4.78, 5) is 0. The second-order valence-corrected chi connectivity index (χ2v) is 3.61. The third-order valence-corrected chi connectivity index (χ3v) is 2.45. The fourth-order valence-corrected chi connectivity index (χ4v) is 1.65. The minimum atomic E-state index is -4.65. The second-order valence-electron chi connectivity index (χ2n) is 2.09. The molecule has 0 aliphatic carbocycles. The zero-order valence-corrected chi connectivity index (χ0v) is 7.17. The molecule has 1 aromatic heterocycles. The highest BCUT2D eigenvalue weighted by atomic mass is 35.5. The van der Waals surface area contributed by atoms with Gasteiger partial charge in [0.2, 0.25) is 0 Å². The van der Waals surface area contributed by atoms with Gasteiger partial charge < -0.3 is 5.11 Å². The first-order valence-electron chi connectivity index (χ1n) is 2.90. The topological polar surface area (TPSA) is 20.2 Å². The summed E-state index contributed by atoms with van der Waals surface area (Å²) in [6.45, 7) is 0. The van der Waals surface area contributed by atoms with Crippen LogP contribution in [0.1, 0.15) is 11.7 Å². The van der Waals surface area contributed by atoms with Crippen LogP contribution in [0, 0.1) is 0 Å². The van der Waals surface area contributed by atoms with Crippen LogP contribution in [0.4, 0.5) is 13.2 Å². The van der Waals surface area contributed by atoms with E-state index in [1.807, 2.05) is 0 Å². The zero-order valence-electron chi connectivity index (χ0n) is 5.60. The first kappa shape index (κ1) is 9.83. The van der Waals surface area contributed by atoms with Crippen LogP contribution < -0.4 is 0 Å². The highest BCUT2D eigenvalue weighted by molar-refractivity contribution is 7.14. The van der Waals surface area contributed by atoms with Gasteiger partial charge in [0.25, 0.3) is 0 Å². The Bertz CT molecular complexity index is 270. The fourth-order valence-electron chi connectivity index (χ4n) is 0.676. The molecule has 0 spiro atoms. The van der Waals surface area contributed by atoms with Crippen molar-refractivity contribution in [1.29, 1.82) is 0 Å². The Labute approximate surface area is 75.4 Å². The quantitative estimate of drug-likeness (QED) is 0.765. The molecule has 0 aliphatic rings. The van der Waals surface area contributed by atoms with Gasteiger partial charge in [0.15, 0.2) is 6.10 Å². The van der Waals surface area contributed by atoms with Gasteiger partial charge in [-0.2, -0.15) is 13.2 Å². The van der Waals surface area contributed by atoms with Crippen LogP contribution in [0.25, 0.3) is 0 Å². The third-order valence-electron chi connectivity index (χ3n) is 1.25. The van der Waals surface area contributed by atoms with Crippen LogP contribution in [-0.2, 0) is 0 Å². The van der Waals surface area contributed by atoms with Crippen molar-refractivity contribution in [3.63, 3.8) is 0 Å². The van der Waals surface area contributed by atoms with Crippen molar-refractivity contribution in [3.8, 4) is 0 Å². The van der Waals surface area contributed by atoms with Gasteiger partial charge in [-0.15, -0.1) is 11.3 Å². The van der Waals surface area contributed by atoms with Gasteiger partial charge in [0.1, 0.15) is 0 Å². The zero-order chi connectivity index (χ0) is 9.35. The Morgan fingerprint density at radius 3 is 2.42 bits per heavy atom. The normalized spacial score (nSPS) is 14.8. The standard InChI is InChI=1S/C6H4ClF3OS/c7-5-3(1-2-12-5)4(11)6(8,9)10/h1-2,4,11H. The molecular formula is C6H4ClF3OS. The lowest BCUT2D eigenvalue weighted by atomic mass is 10.2. The van der Waals surface area contributed by atoms with Crippen molar-refractivity contribution in [1.82, 2.24) is 0 Å². The number of aliphatic hydroxyl groups is 1. The van der Waals surface area contributed by atoms with Gasteiger partial charge in [-0.3, -0.25) is 0 Å². The van der Waals surface area contributed by atoms with Gasteiger partial charge in [-0.25, -0.2) is 0 Å². The van der Waals surface area contributed by atoms with Crippen LogP contribution in [-0.4, -0.2) is 11.3 Å². The fraction of sp³-hybridized carbons (Fsp3) is 0.333. The summed E-state index contributed by atoms with van der Waals surface area (Å²) >= 11 is 6.35. The number of aliphatic hydroxyl groups excluding tert-OH is 1. The minimum Gasteiger partial charge on any atom is -0.379 e. The van der Waals surface area contributed by atoms with E-state index in [1.165, 1.54) is 5.38 Å². The van der Waals surface area contributed by atoms with E-state index < -0.39 is 12.3 Å². The Balaban J connectivity index is 2.92. The SMILES string of the molecule is OC(c1ccsc1Cl)C(F)(F)F. The van der Waals surface area contributed by atoms with Crippen molar-refractivity contribution < 1.29 is 18.3 Å². The summed E-state index contributed by atoms with van der Waals surface area (Å²) < 4.78 is 35.6. The maximum absolute atomic E-state index is 11.9. The lowest BCUT2D eigenvalue weighted by molar-refractivity contribution is -0.206. The highest BCUT2D eigenvalue weighted by Gasteiger charge is 2.40. The molecule has 0 bridgehead atoms. The van der Waals surface area contributed by atoms with Gasteiger partial charge >= 0.3 is 6.18 Å². The van der Waals surface area contributed by atoms with E-state index in [0.717, 1.165) is 17.4 Å². The van der Waals surface area contributed by atoms with Crippen LogP contribution in [0.3, 0.4) is 0 Å². The molecule has 0 saturated heterocycles. The first-order valence-corrected chi connectivity index (χ1v) is 4.16. The Morgan fingerprint density at radius 2 is 2.08 bits per heavy atom. The van der Waals surface area contributed by atoms with E-state index >= 15 is 0 Å². The van der Waals surface area contributed by atoms with E-state index in [0.29, 0.717) is 0 Å². The van der Waals surface area contributed by atoms with Crippen molar-refractivity contribution in [2.45, 2.75) is 12.3 Å². The second kappa shape index (κ2) is 3.24. The Kier molecular flexibility index (Phi) is 2.65. The average molecular weight is 217 g/mol. The number of hydrogen-bond donors (Lipinski definition) is 1. The summed E-state index contributed by atoms with van der Waals surface area (Å²) in [6, 6.07) is 1.16. The molecule has 12 heavy (non-hydrogen) atoms. The third kappa shape index (κ3) is 1.91. The van der Waals surface area contributed by atoms with E-state index in [1.54, 1.807) is 0 Å². The summed E-state index contributed by atoms with van der Waals surface area (Å²) in [5.41, 5.74) is -0.283. The molecule has 0 amide bonds. The van der Waals surface area contributed by atoms with Gasteiger partial charge in [-0.1, -0.05) is 11.6 Å². The molecule has 1 N–H and O–H groups in total. The number of thiophene rings is 1. The molecule has 0 aliphatic heterocycles. The van der Waals surface area contributed by atoms with Crippen LogP contribution in [0.5, 0.6) is 0 Å². The lowest BCUT2D eigenvalue weighted by Gasteiger charge is -2.13. The van der Waals surface area contributed by atoms with Gasteiger partial charge in [-0.05, 0) is 11.4 Å². The maximum atomic E-state index is 11.9. The Morgan fingerprint density at radius 1 is 1.50 bits per heavy atom. The van der Waals surface area contributed by atoms with E-state index in [2.05, 4.69) is 0 Å². The first-order chi connectivity index (χ1) is 5.43. The molecule has 68 valence electrons. The molecule has 1 rings (SSSR count). The molecule has 6 heteroatoms. The number of halogens is 4. The molecular weight excluding hydrogens is 213 g/mol. The van der Waals surface area contributed by atoms with Gasteiger partial charge in [0.05, 0.1) is 4.34 Å². The van der Waals surface area contributed by atoms with Crippen LogP contribution in [0.15, 0.2) is 11.4 Å².